The van der Waals surface area contributed by atoms with Gasteiger partial charge in [0.25, 0.3) is 0 Å². The van der Waals surface area contributed by atoms with Crippen LogP contribution in [0.3, 0.4) is 0 Å². The number of benzene rings is 1. The van der Waals surface area contributed by atoms with Gasteiger partial charge < -0.3 is 10.5 Å². The Morgan fingerprint density at radius 3 is 2.76 bits per heavy atom. The zero-order valence-electron chi connectivity index (χ0n) is 14.1. The summed E-state index contributed by atoms with van der Waals surface area (Å²) in [5.41, 5.74) is 8.56. The molecule has 130 valence electrons. The van der Waals surface area contributed by atoms with Gasteiger partial charge in [-0.2, -0.15) is 10.2 Å². The van der Waals surface area contributed by atoms with Crippen molar-refractivity contribution in [3.8, 4) is 16.9 Å². The topological polar surface area (TPSA) is 100.0 Å². The van der Waals surface area contributed by atoms with Crippen molar-refractivity contribution in [3.05, 3.63) is 48.3 Å². The van der Waals surface area contributed by atoms with Crippen LogP contribution in [0.25, 0.3) is 16.9 Å². The van der Waals surface area contributed by atoms with E-state index >= 15 is 0 Å². The number of amides is 2. The maximum Gasteiger partial charge on any atom is 0.317 e. The number of nitrogens with one attached hydrogen (secondary N) is 1. The first-order chi connectivity index (χ1) is 12.1. The Bertz CT molecular complexity index is 869. The molecule has 0 aliphatic carbocycles. The monoisotopic (exact) mass is 340 g/mol. The molecule has 3 rings (SSSR count). The smallest absolute Gasteiger partial charge is 0.317 e. The van der Waals surface area contributed by atoms with E-state index in [-0.39, 0.29) is 0 Å². The van der Waals surface area contributed by atoms with Crippen molar-refractivity contribution in [3.63, 3.8) is 0 Å². The molecule has 0 atom stereocenters. The van der Waals surface area contributed by atoms with Gasteiger partial charge in [0.1, 0.15) is 11.5 Å². The number of rotatable bonds is 6. The molecule has 0 aliphatic heterocycles. The van der Waals surface area contributed by atoms with Gasteiger partial charge in [-0.1, -0.05) is 18.2 Å². The van der Waals surface area contributed by atoms with Crippen LogP contribution in [0, 0.1) is 6.92 Å². The van der Waals surface area contributed by atoms with Crippen LogP contribution in [-0.4, -0.2) is 39.3 Å². The number of nitrogens with zero attached hydrogens (tertiary/aromatic N) is 4. The second-order valence-corrected chi connectivity index (χ2v) is 5.54. The van der Waals surface area contributed by atoms with E-state index in [2.05, 4.69) is 15.5 Å². The summed E-state index contributed by atoms with van der Waals surface area (Å²) in [4.78, 5) is 11.4. The first-order valence-corrected chi connectivity index (χ1v) is 7.83. The predicted molar refractivity (Wildman–Crippen MR) is 94.6 cm³/mol. The number of hydrogen-bond acceptors (Lipinski definition) is 4. The molecular formula is C17H20N6O2. The van der Waals surface area contributed by atoms with Gasteiger partial charge in [0.05, 0.1) is 25.0 Å². The second-order valence-electron chi connectivity index (χ2n) is 5.54. The first-order valence-electron chi connectivity index (χ1n) is 7.83. The number of ether oxygens (including phenoxy) is 1. The fourth-order valence-corrected chi connectivity index (χ4v) is 2.58. The highest BCUT2D eigenvalue weighted by Gasteiger charge is 2.19. The van der Waals surface area contributed by atoms with Crippen molar-refractivity contribution in [1.29, 1.82) is 0 Å². The minimum Gasteiger partial charge on any atom is -0.383 e. The highest BCUT2D eigenvalue weighted by molar-refractivity contribution is 5.89. The quantitative estimate of drug-likeness (QED) is 0.718. The normalized spacial score (nSPS) is 10.8. The number of primary amides is 1. The molecule has 0 saturated heterocycles. The van der Waals surface area contributed by atoms with Crippen LogP contribution in [-0.2, 0) is 11.3 Å². The molecule has 0 saturated carbocycles. The number of aromatic nitrogens is 4. The molecule has 25 heavy (non-hydrogen) atoms. The van der Waals surface area contributed by atoms with Gasteiger partial charge >= 0.3 is 6.03 Å². The minimum absolute atomic E-state index is 0.540. The molecule has 2 amide bonds. The summed E-state index contributed by atoms with van der Waals surface area (Å²) in [5.74, 6) is 0.540. The lowest BCUT2D eigenvalue weighted by molar-refractivity contribution is 0.183. The number of methoxy groups -OCH3 is 1. The summed E-state index contributed by atoms with van der Waals surface area (Å²) in [6.45, 7) is 3.12. The molecule has 0 fully saturated rings. The van der Waals surface area contributed by atoms with Crippen molar-refractivity contribution in [2.24, 2.45) is 5.73 Å². The number of carbonyl (C=O) groups is 1. The third-order valence-electron chi connectivity index (χ3n) is 3.80. The SMILES string of the molecule is COCCn1cc(-c2nn(-c3ccccc3)c(NC(N)=O)c2C)cn1. The van der Waals surface area contributed by atoms with E-state index < -0.39 is 6.03 Å². The van der Waals surface area contributed by atoms with Crippen LogP contribution < -0.4 is 11.1 Å². The number of carbonyl (C=O) groups excluding carboxylic acids is 1. The van der Waals surface area contributed by atoms with Crippen LogP contribution in [0.5, 0.6) is 0 Å². The molecule has 8 nitrogen and oxygen atoms in total. The molecule has 3 N–H and O–H groups in total. The number of para-hydroxylation sites is 1. The molecular weight excluding hydrogens is 320 g/mol. The predicted octanol–water partition coefficient (Wildman–Crippen LogP) is 2.18. The van der Waals surface area contributed by atoms with Crippen molar-refractivity contribution in [1.82, 2.24) is 19.6 Å². The Morgan fingerprint density at radius 1 is 1.32 bits per heavy atom. The molecule has 1 aromatic carbocycles. The Hall–Kier alpha value is -3.13. The maximum atomic E-state index is 11.4. The third kappa shape index (κ3) is 3.53. The van der Waals surface area contributed by atoms with Crippen LogP contribution in [0.4, 0.5) is 10.6 Å². The van der Waals surface area contributed by atoms with Gasteiger partial charge in [-0.15, -0.1) is 0 Å². The van der Waals surface area contributed by atoms with E-state index in [1.165, 1.54) is 0 Å². The molecule has 0 aliphatic rings. The average molecular weight is 340 g/mol. The first kappa shape index (κ1) is 16.7. The van der Waals surface area contributed by atoms with Gasteiger partial charge in [0, 0.05) is 24.4 Å². The minimum atomic E-state index is -0.637. The average Bonchev–Trinajstić information content (AvgIpc) is 3.19. The summed E-state index contributed by atoms with van der Waals surface area (Å²) in [6.07, 6.45) is 3.64. The van der Waals surface area contributed by atoms with Crippen LogP contribution >= 0.6 is 0 Å². The second kappa shape index (κ2) is 7.18. The van der Waals surface area contributed by atoms with Crippen molar-refractivity contribution in [2.75, 3.05) is 19.0 Å². The fourth-order valence-electron chi connectivity index (χ4n) is 2.58. The molecule has 0 unspecified atom stereocenters. The Morgan fingerprint density at radius 2 is 2.08 bits per heavy atom. The lowest BCUT2D eigenvalue weighted by atomic mass is 10.1. The van der Waals surface area contributed by atoms with Crippen LogP contribution in [0.1, 0.15) is 5.56 Å². The molecule has 0 spiro atoms. The number of urea groups is 1. The third-order valence-corrected chi connectivity index (χ3v) is 3.80. The molecule has 0 radical (unpaired) electrons. The number of anilines is 1. The van der Waals surface area contributed by atoms with E-state index in [9.17, 15) is 4.79 Å². The summed E-state index contributed by atoms with van der Waals surface area (Å²) < 4.78 is 8.53. The summed E-state index contributed by atoms with van der Waals surface area (Å²) in [7, 11) is 1.65. The van der Waals surface area contributed by atoms with Gasteiger partial charge in [0.2, 0.25) is 0 Å². The van der Waals surface area contributed by atoms with Gasteiger partial charge in [-0.25, -0.2) is 9.48 Å². The lowest BCUT2D eigenvalue weighted by Crippen LogP contribution is -2.21. The molecule has 2 aromatic heterocycles. The standard InChI is InChI=1S/C17H20N6O2/c1-12-15(13-10-19-22(11-13)8-9-25-2)21-23(16(12)20-17(18)24)14-6-4-3-5-7-14/h3-7,10-11H,8-9H2,1-2H3,(H3,18,20,24). The summed E-state index contributed by atoms with van der Waals surface area (Å²) in [6, 6.07) is 8.91. The maximum absolute atomic E-state index is 11.4. The number of nitrogens with two attached hydrogens (primary N) is 1. The van der Waals surface area contributed by atoms with Crippen molar-refractivity contribution >= 4 is 11.8 Å². The van der Waals surface area contributed by atoms with Crippen molar-refractivity contribution in [2.45, 2.75) is 13.5 Å². The summed E-state index contributed by atoms with van der Waals surface area (Å²) >= 11 is 0. The number of hydrogen-bond donors (Lipinski definition) is 2. The van der Waals surface area contributed by atoms with Gasteiger partial charge in [-0.05, 0) is 19.1 Å². The van der Waals surface area contributed by atoms with E-state index in [1.54, 1.807) is 22.7 Å². The van der Waals surface area contributed by atoms with Gasteiger partial charge in [0.15, 0.2) is 0 Å². The van der Waals surface area contributed by atoms with Crippen LogP contribution in [0.2, 0.25) is 0 Å². The molecule has 0 bridgehead atoms. The van der Waals surface area contributed by atoms with E-state index in [0.717, 1.165) is 22.5 Å². The van der Waals surface area contributed by atoms with E-state index in [1.807, 2.05) is 43.5 Å². The molecule has 3 aromatic rings. The molecule has 2 heterocycles. The Labute approximate surface area is 145 Å². The zero-order chi connectivity index (χ0) is 17.8. The zero-order valence-corrected chi connectivity index (χ0v) is 14.1. The lowest BCUT2D eigenvalue weighted by Gasteiger charge is -2.07. The van der Waals surface area contributed by atoms with Crippen molar-refractivity contribution < 1.29 is 9.53 Å². The largest absolute Gasteiger partial charge is 0.383 e. The molecule has 8 heteroatoms. The Kier molecular flexibility index (Phi) is 4.80. The highest BCUT2D eigenvalue weighted by atomic mass is 16.5. The van der Waals surface area contributed by atoms with E-state index in [4.69, 9.17) is 10.5 Å². The fraction of sp³-hybridized carbons (Fsp3) is 0.235. The summed E-state index contributed by atoms with van der Waals surface area (Å²) in [5, 5.41) is 11.6. The van der Waals surface area contributed by atoms with Crippen LogP contribution in [0.15, 0.2) is 42.7 Å². The highest BCUT2D eigenvalue weighted by Crippen LogP contribution is 2.30. The van der Waals surface area contributed by atoms with E-state index in [0.29, 0.717) is 19.0 Å². The Balaban J connectivity index is 2.04. The van der Waals surface area contributed by atoms with Gasteiger partial charge in [-0.3, -0.25) is 10.00 Å².